The van der Waals surface area contributed by atoms with Gasteiger partial charge in [-0.2, -0.15) is 9.35 Å². The van der Waals surface area contributed by atoms with E-state index in [0.717, 1.165) is 0 Å². The Morgan fingerprint density at radius 3 is 2.29 bits per heavy atom. The van der Waals surface area contributed by atoms with Crippen molar-refractivity contribution < 1.29 is 8.39 Å². The van der Waals surface area contributed by atoms with Gasteiger partial charge >= 0.3 is 0 Å². The van der Waals surface area contributed by atoms with Crippen molar-refractivity contribution in [3.05, 3.63) is 0 Å². The minimum absolute atomic E-state index is 0.494. The second-order valence-corrected chi connectivity index (χ2v) is 6.54. The maximum Gasteiger partial charge on any atom is 0.156 e. The molecule has 0 N–H and O–H groups in total. The van der Waals surface area contributed by atoms with E-state index >= 15 is 0 Å². The fourth-order valence-corrected chi connectivity index (χ4v) is 1.42. The van der Waals surface area contributed by atoms with Crippen LogP contribution in [0.4, 0.5) is 0 Å². The maximum absolute atomic E-state index is 11.0. The molecular formula is C4H10O2S. The summed E-state index contributed by atoms with van der Waals surface area (Å²) in [5.74, 6) is 1.17. The molecule has 0 amide bonds. The molecule has 0 aromatic carbocycles. The van der Waals surface area contributed by atoms with Crippen molar-refractivity contribution in [3.8, 4) is 0 Å². The molecule has 0 aromatic rings. The highest BCUT2D eigenvalue weighted by atomic mass is 32.3. The van der Waals surface area contributed by atoms with Gasteiger partial charge < -0.3 is 0 Å². The lowest BCUT2D eigenvalue weighted by atomic mass is 11.0. The second-order valence-electron chi connectivity index (χ2n) is 2.18. The molecule has 1 heterocycles. The normalized spacial score (nSPS) is 38.3. The lowest BCUT2D eigenvalue weighted by Crippen LogP contribution is -2.13. The van der Waals surface area contributed by atoms with Crippen molar-refractivity contribution in [2.45, 2.75) is 6.92 Å². The van der Waals surface area contributed by atoms with Crippen LogP contribution >= 0.6 is 0 Å². The summed E-state index contributed by atoms with van der Waals surface area (Å²) in [7, 11) is -2.37. The van der Waals surface area contributed by atoms with Crippen LogP contribution in [-0.4, -0.2) is 22.2 Å². The van der Waals surface area contributed by atoms with E-state index in [2.05, 4.69) is 0 Å². The van der Waals surface area contributed by atoms with Crippen molar-refractivity contribution in [2.75, 3.05) is 17.9 Å². The fourth-order valence-electron chi connectivity index (χ4n) is 0.268. The molecule has 0 spiro atoms. The van der Waals surface area contributed by atoms with Gasteiger partial charge in [0.15, 0.2) is 5.94 Å². The van der Waals surface area contributed by atoms with Crippen molar-refractivity contribution >= 4 is 9.35 Å². The predicted octanol–water partition coefficient (Wildman–Crippen LogP) is 0.359. The first kappa shape index (κ1) is 5.25. The second kappa shape index (κ2) is 0.928. The van der Waals surface area contributed by atoms with Gasteiger partial charge in [-0.25, -0.2) is 4.21 Å². The molecule has 0 aromatic heterocycles. The predicted molar refractivity (Wildman–Crippen MR) is 30.6 cm³/mol. The lowest BCUT2D eigenvalue weighted by Gasteiger charge is -2.13. The van der Waals surface area contributed by atoms with Crippen LogP contribution in [0.3, 0.4) is 0 Å². The summed E-state index contributed by atoms with van der Waals surface area (Å²) in [6.45, 7) is 1.89. The average molecular weight is 122 g/mol. The van der Waals surface area contributed by atoms with Crippen molar-refractivity contribution in [1.29, 1.82) is 0 Å². The Morgan fingerprint density at radius 1 is 1.86 bits per heavy atom. The maximum atomic E-state index is 11.0. The molecule has 0 aliphatic carbocycles. The molecular weight excluding hydrogens is 112 g/mol. The van der Waals surface area contributed by atoms with Gasteiger partial charge in [0.25, 0.3) is 0 Å². The van der Waals surface area contributed by atoms with Crippen LogP contribution < -0.4 is 0 Å². The van der Waals surface area contributed by atoms with E-state index in [9.17, 15) is 4.21 Å². The first-order valence-electron chi connectivity index (χ1n) is 2.31. The van der Waals surface area contributed by atoms with Crippen molar-refractivity contribution in [1.82, 2.24) is 0 Å². The molecule has 3 heteroatoms. The van der Waals surface area contributed by atoms with Gasteiger partial charge in [-0.05, 0) is 6.92 Å². The Morgan fingerprint density at radius 2 is 2.29 bits per heavy atom. The molecule has 0 bridgehead atoms. The average Bonchev–Trinajstić information content (AvgIpc) is 2.20. The third-order valence-electron chi connectivity index (χ3n) is 1.34. The minimum Gasteiger partial charge on any atom is -0.266 e. The van der Waals surface area contributed by atoms with Crippen LogP contribution in [0.15, 0.2) is 0 Å². The molecule has 1 aliphatic rings. The zero-order valence-corrected chi connectivity index (χ0v) is 5.46. The van der Waals surface area contributed by atoms with Gasteiger partial charge in [-0.15, -0.1) is 0 Å². The molecule has 1 fully saturated rings. The van der Waals surface area contributed by atoms with Crippen LogP contribution in [0.1, 0.15) is 6.92 Å². The van der Waals surface area contributed by atoms with Crippen molar-refractivity contribution in [3.63, 3.8) is 0 Å². The van der Waals surface area contributed by atoms with E-state index in [-0.39, 0.29) is 0 Å². The molecule has 7 heavy (non-hydrogen) atoms. The summed E-state index contributed by atoms with van der Waals surface area (Å²) in [6.07, 6.45) is 1.71. The Bertz CT molecular complexity index is 142. The molecule has 0 atom stereocenters. The smallest absolute Gasteiger partial charge is 0.156 e. The van der Waals surface area contributed by atoms with E-state index < -0.39 is 9.35 Å². The zero-order chi connectivity index (χ0) is 5.57. The Balaban J connectivity index is 2.79. The third kappa shape index (κ3) is 0.836. The summed E-state index contributed by atoms with van der Waals surface area (Å²) in [5, 5.41) is 0. The highest BCUT2D eigenvalue weighted by Crippen LogP contribution is 2.37. The first-order chi connectivity index (χ1) is 3.05. The van der Waals surface area contributed by atoms with Crippen LogP contribution in [-0.2, 0) is 13.5 Å². The summed E-state index contributed by atoms with van der Waals surface area (Å²) in [6, 6.07) is 0. The summed E-state index contributed by atoms with van der Waals surface area (Å²) in [5.41, 5.74) is 0. The molecule has 1 aliphatic heterocycles. The summed E-state index contributed by atoms with van der Waals surface area (Å²) >= 11 is 0. The van der Waals surface area contributed by atoms with Crippen LogP contribution in [0, 0.1) is 0 Å². The van der Waals surface area contributed by atoms with Gasteiger partial charge in [0.1, 0.15) is 0 Å². The Labute approximate surface area is 43.5 Å². The van der Waals surface area contributed by atoms with E-state index in [1.54, 1.807) is 6.26 Å². The first-order valence-corrected chi connectivity index (χ1v) is 4.95. The Kier molecular flexibility index (Phi) is 0.696. The number of rotatable bonds is 1. The fraction of sp³-hybridized carbons (Fsp3) is 1.00. The quantitative estimate of drug-likeness (QED) is 0.470. The van der Waals surface area contributed by atoms with Crippen LogP contribution in [0.25, 0.3) is 0 Å². The summed E-state index contributed by atoms with van der Waals surface area (Å²) in [4.78, 5) is 0. The van der Waals surface area contributed by atoms with Gasteiger partial charge in [-0.3, -0.25) is 4.18 Å². The molecule has 44 valence electrons. The molecule has 1 saturated heterocycles. The molecule has 2 nitrogen and oxygen atoms in total. The SMILES string of the molecule is CCS1(C)(=O)CO1. The topological polar surface area (TPSA) is 29.6 Å². The highest BCUT2D eigenvalue weighted by Gasteiger charge is 2.38. The number of hydrogen-bond donors (Lipinski definition) is 0. The standard InChI is InChI=1S/C4H10O2S/c1-3-7(2,5)4-6-7/h3-4H2,1-2H3. The summed E-state index contributed by atoms with van der Waals surface area (Å²) < 4.78 is 15.8. The van der Waals surface area contributed by atoms with Gasteiger partial charge in [0.05, 0.1) is 0 Å². The highest BCUT2D eigenvalue weighted by molar-refractivity contribution is 8.19. The molecule has 1 rings (SSSR count). The molecule has 0 unspecified atom stereocenters. The molecule has 0 radical (unpaired) electrons. The third-order valence-corrected chi connectivity index (χ3v) is 4.03. The largest absolute Gasteiger partial charge is 0.266 e. The molecule has 0 saturated carbocycles. The van der Waals surface area contributed by atoms with Gasteiger partial charge in [0.2, 0.25) is 0 Å². The zero-order valence-electron chi connectivity index (χ0n) is 4.64. The van der Waals surface area contributed by atoms with E-state index in [0.29, 0.717) is 11.7 Å². The van der Waals surface area contributed by atoms with E-state index in [1.807, 2.05) is 6.92 Å². The number of hydrogen-bond acceptors (Lipinski definition) is 2. The van der Waals surface area contributed by atoms with E-state index in [4.69, 9.17) is 4.18 Å². The monoisotopic (exact) mass is 122 g/mol. The van der Waals surface area contributed by atoms with Crippen molar-refractivity contribution in [2.24, 2.45) is 0 Å². The van der Waals surface area contributed by atoms with Gasteiger partial charge in [0, 0.05) is 12.0 Å². The minimum atomic E-state index is -2.37. The van der Waals surface area contributed by atoms with E-state index in [1.165, 1.54) is 0 Å². The van der Waals surface area contributed by atoms with Gasteiger partial charge in [-0.1, -0.05) is 0 Å². The van der Waals surface area contributed by atoms with Crippen LogP contribution in [0.5, 0.6) is 0 Å². The lowest BCUT2D eigenvalue weighted by molar-refractivity contribution is 0.541. The van der Waals surface area contributed by atoms with Crippen LogP contribution in [0.2, 0.25) is 0 Å². The Hall–Kier alpha value is 0.110.